The average molecular weight is 237 g/mol. The summed E-state index contributed by atoms with van der Waals surface area (Å²) in [6.45, 7) is 3.60. The van der Waals surface area contributed by atoms with Gasteiger partial charge in [0.25, 0.3) is 0 Å². The van der Waals surface area contributed by atoms with Crippen molar-refractivity contribution in [3.05, 3.63) is 35.9 Å². The number of nitrogens with two attached hydrogens (primary N) is 1. The lowest BCUT2D eigenvalue weighted by Gasteiger charge is -2.16. The molecule has 17 heavy (non-hydrogen) atoms. The molecule has 0 saturated carbocycles. The summed E-state index contributed by atoms with van der Waals surface area (Å²) in [5.74, 6) is 1.30. The highest BCUT2D eigenvalue weighted by Gasteiger charge is 2.14. The van der Waals surface area contributed by atoms with Crippen molar-refractivity contribution in [1.29, 1.82) is 0 Å². The standard InChI is InChI=1S/C13H19NO3/c1-4-5-9-6-10(11(14)8-15)7-12(16-2)13(9)17-3/h4,6-7,11,15H,1,5,8,14H2,2-3H3/t11-/m0/s1. The van der Waals surface area contributed by atoms with Crippen LogP contribution in [0, 0.1) is 0 Å². The molecule has 0 aliphatic heterocycles. The number of ether oxygens (including phenoxy) is 2. The Morgan fingerprint density at radius 2 is 2.12 bits per heavy atom. The van der Waals surface area contributed by atoms with Crippen molar-refractivity contribution in [3.63, 3.8) is 0 Å². The number of aliphatic hydroxyl groups excluding tert-OH is 1. The normalized spacial score (nSPS) is 12.0. The van der Waals surface area contributed by atoms with Gasteiger partial charge in [0.05, 0.1) is 26.9 Å². The van der Waals surface area contributed by atoms with Gasteiger partial charge in [-0.15, -0.1) is 6.58 Å². The number of hydrogen-bond acceptors (Lipinski definition) is 4. The molecule has 0 radical (unpaired) electrons. The van der Waals surface area contributed by atoms with Gasteiger partial charge >= 0.3 is 0 Å². The van der Waals surface area contributed by atoms with E-state index in [1.807, 2.05) is 6.07 Å². The second kappa shape index (κ2) is 6.27. The average Bonchev–Trinajstić information content (AvgIpc) is 2.37. The molecule has 0 aliphatic rings. The number of hydrogen-bond donors (Lipinski definition) is 2. The fourth-order valence-corrected chi connectivity index (χ4v) is 1.69. The van der Waals surface area contributed by atoms with Crippen LogP contribution in [0.1, 0.15) is 17.2 Å². The Bertz CT molecular complexity index is 390. The van der Waals surface area contributed by atoms with E-state index in [-0.39, 0.29) is 6.61 Å². The van der Waals surface area contributed by atoms with Crippen LogP contribution in [-0.4, -0.2) is 25.9 Å². The molecule has 94 valence electrons. The molecule has 0 heterocycles. The Labute approximate surface area is 102 Å². The van der Waals surface area contributed by atoms with Gasteiger partial charge in [0, 0.05) is 5.56 Å². The summed E-state index contributed by atoms with van der Waals surface area (Å²) in [5, 5.41) is 9.08. The van der Waals surface area contributed by atoms with Gasteiger partial charge in [-0.1, -0.05) is 6.08 Å². The summed E-state index contributed by atoms with van der Waals surface area (Å²) in [5.41, 5.74) is 7.57. The fraction of sp³-hybridized carbons (Fsp3) is 0.385. The molecule has 1 atom stereocenters. The van der Waals surface area contributed by atoms with Gasteiger partial charge in [0.1, 0.15) is 0 Å². The van der Waals surface area contributed by atoms with Crippen molar-refractivity contribution < 1.29 is 14.6 Å². The Balaban J connectivity index is 3.28. The molecular formula is C13H19NO3. The van der Waals surface area contributed by atoms with E-state index in [0.717, 1.165) is 11.1 Å². The third-order valence-corrected chi connectivity index (χ3v) is 2.57. The predicted molar refractivity (Wildman–Crippen MR) is 67.5 cm³/mol. The lowest BCUT2D eigenvalue weighted by atomic mass is 10.0. The third-order valence-electron chi connectivity index (χ3n) is 2.57. The summed E-state index contributed by atoms with van der Waals surface area (Å²) in [7, 11) is 3.17. The maximum Gasteiger partial charge on any atom is 0.164 e. The molecule has 4 heteroatoms. The topological polar surface area (TPSA) is 64.7 Å². The number of aliphatic hydroxyl groups is 1. The highest BCUT2D eigenvalue weighted by Crippen LogP contribution is 2.34. The molecule has 1 aromatic carbocycles. The van der Waals surface area contributed by atoms with Crippen molar-refractivity contribution in [3.8, 4) is 11.5 Å². The second-order valence-corrected chi connectivity index (χ2v) is 3.70. The Kier molecular flexibility index (Phi) is 5.00. The van der Waals surface area contributed by atoms with Gasteiger partial charge in [-0.25, -0.2) is 0 Å². The highest BCUT2D eigenvalue weighted by molar-refractivity contribution is 5.50. The molecule has 0 aromatic heterocycles. The number of rotatable bonds is 6. The Hall–Kier alpha value is -1.52. The van der Waals surface area contributed by atoms with E-state index < -0.39 is 6.04 Å². The first-order valence-electron chi connectivity index (χ1n) is 5.40. The summed E-state index contributed by atoms with van der Waals surface area (Å²) in [6.07, 6.45) is 2.44. The molecule has 3 N–H and O–H groups in total. The zero-order valence-electron chi connectivity index (χ0n) is 10.3. The summed E-state index contributed by atoms with van der Waals surface area (Å²) in [6, 6.07) is 3.27. The minimum Gasteiger partial charge on any atom is -0.493 e. The van der Waals surface area contributed by atoms with Crippen LogP contribution in [0.3, 0.4) is 0 Å². The lowest BCUT2D eigenvalue weighted by molar-refractivity contribution is 0.267. The smallest absolute Gasteiger partial charge is 0.164 e. The third kappa shape index (κ3) is 2.99. The Morgan fingerprint density at radius 1 is 1.41 bits per heavy atom. The fourth-order valence-electron chi connectivity index (χ4n) is 1.69. The Morgan fingerprint density at radius 3 is 2.59 bits per heavy atom. The maximum atomic E-state index is 9.08. The van der Waals surface area contributed by atoms with Gasteiger partial charge in [-0.3, -0.25) is 0 Å². The molecule has 4 nitrogen and oxygen atoms in total. The number of methoxy groups -OCH3 is 2. The highest BCUT2D eigenvalue weighted by atomic mass is 16.5. The van der Waals surface area contributed by atoms with Gasteiger partial charge in [-0.05, 0) is 24.1 Å². The van der Waals surface area contributed by atoms with Crippen LogP contribution in [0.4, 0.5) is 0 Å². The molecular weight excluding hydrogens is 218 g/mol. The molecule has 0 spiro atoms. The minimum atomic E-state index is -0.418. The molecule has 0 saturated heterocycles. The molecule has 0 bridgehead atoms. The van der Waals surface area contributed by atoms with Crippen molar-refractivity contribution in [2.24, 2.45) is 5.73 Å². The van der Waals surface area contributed by atoms with Gasteiger partial charge in [0.2, 0.25) is 0 Å². The van der Waals surface area contributed by atoms with Crippen LogP contribution < -0.4 is 15.2 Å². The van der Waals surface area contributed by atoms with E-state index in [0.29, 0.717) is 17.9 Å². The van der Waals surface area contributed by atoms with Gasteiger partial charge in [-0.2, -0.15) is 0 Å². The van der Waals surface area contributed by atoms with Crippen molar-refractivity contribution in [2.75, 3.05) is 20.8 Å². The van der Waals surface area contributed by atoms with E-state index >= 15 is 0 Å². The molecule has 1 rings (SSSR count). The largest absolute Gasteiger partial charge is 0.493 e. The van der Waals surface area contributed by atoms with Crippen LogP contribution in [-0.2, 0) is 6.42 Å². The second-order valence-electron chi connectivity index (χ2n) is 3.70. The molecule has 0 amide bonds. The van der Waals surface area contributed by atoms with Gasteiger partial charge in [0.15, 0.2) is 11.5 Å². The SMILES string of the molecule is C=CCc1cc([C@@H](N)CO)cc(OC)c1OC. The molecule has 0 fully saturated rings. The maximum absolute atomic E-state index is 9.08. The summed E-state index contributed by atoms with van der Waals surface area (Å²) < 4.78 is 10.6. The quantitative estimate of drug-likeness (QED) is 0.734. The number of allylic oxidation sites excluding steroid dienone is 1. The van der Waals surface area contributed by atoms with E-state index in [9.17, 15) is 0 Å². The first-order valence-corrected chi connectivity index (χ1v) is 5.40. The summed E-state index contributed by atoms with van der Waals surface area (Å²) in [4.78, 5) is 0. The van der Waals surface area contributed by atoms with Crippen LogP contribution in [0.15, 0.2) is 24.8 Å². The van der Waals surface area contributed by atoms with Crippen LogP contribution >= 0.6 is 0 Å². The van der Waals surface area contributed by atoms with Crippen molar-refractivity contribution in [2.45, 2.75) is 12.5 Å². The zero-order chi connectivity index (χ0) is 12.8. The molecule has 0 unspecified atom stereocenters. The first-order chi connectivity index (χ1) is 8.17. The predicted octanol–water partition coefficient (Wildman–Crippen LogP) is 1.42. The van der Waals surface area contributed by atoms with Crippen LogP contribution in [0.2, 0.25) is 0 Å². The number of benzene rings is 1. The van der Waals surface area contributed by atoms with Crippen molar-refractivity contribution in [1.82, 2.24) is 0 Å². The summed E-state index contributed by atoms with van der Waals surface area (Å²) >= 11 is 0. The monoisotopic (exact) mass is 237 g/mol. The van der Waals surface area contributed by atoms with Gasteiger partial charge < -0.3 is 20.3 Å². The molecule has 0 aliphatic carbocycles. The lowest BCUT2D eigenvalue weighted by Crippen LogP contribution is -2.15. The van der Waals surface area contributed by atoms with E-state index in [2.05, 4.69) is 6.58 Å². The molecule has 1 aromatic rings. The van der Waals surface area contributed by atoms with Crippen LogP contribution in [0.25, 0.3) is 0 Å². The zero-order valence-corrected chi connectivity index (χ0v) is 10.3. The van der Waals surface area contributed by atoms with E-state index in [1.54, 1.807) is 26.4 Å². The minimum absolute atomic E-state index is 0.108. The first kappa shape index (κ1) is 13.5. The van der Waals surface area contributed by atoms with E-state index in [4.69, 9.17) is 20.3 Å². The van der Waals surface area contributed by atoms with Crippen molar-refractivity contribution >= 4 is 0 Å². The van der Waals surface area contributed by atoms with Crippen LogP contribution in [0.5, 0.6) is 11.5 Å². The van der Waals surface area contributed by atoms with E-state index in [1.165, 1.54) is 0 Å².